The maximum absolute atomic E-state index is 12.7. The Morgan fingerprint density at radius 2 is 1.88 bits per heavy atom. The Hall–Kier alpha value is -1.62. The van der Waals surface area contributed by atoms with Crippen molar-refractivity contribution in [3.63, 3.8) is 0 Å². The monoisotopic (exact) mass is 246 g/mol. The molecule has 86 valence electrons. The van der Waals surface area contributed by atoms with Crippen molar-refractivity contribution in [1.29, 1.82) is 0 Å². The standard InChI is InChI=1S/C10H8ClFO4/c11-8-4-6(12)2-1-5(8)3-7(9(13)14)10(15)16/h1-2,4,7H,3H2,(H,13,14)(H,15,16). The number of hydrogen-bond donors (Lipinski definition) is 2. The fraction of sp³-hybridized carbons (Fsp3) is 0.200. The van der Waals surface area contributed by atoms with E-state index in [0.717, 1.165) is 12.1 Å². The number of benzene rings is 1. The van der Waals surface area contributed by atoms with Gasteiger partial charge in [-0.2, -0.15) is 0 Å². The van der Waals surface area contributed by atoms with Crippen LogP contribution >= 0.6 is 11.6 Å². The van der Waals surface area contributed by atoms with Gasteiger partial charge >= 0.3 is 11.9 Å². The molecule has 0 saturated carbocycles. The zero-order valence-corrected chi connectivity index (χ0v) is 8.74. The Labute approximate surface area is 95.3 Å². The van der Waals surface area contributed by atoms with Crippen LogP contribution in [0, 0.1) is 11.7 Å². The maximum Gasteiger partial charge on any atom is 0.318 e. The average molecular weight is 247 g/mol. The van der Waals surface area contributed by atoms with Gasteiger partial charge in [-0.3, -0.25) is 9.59 Å². The highest BCUT2D eigenvalue weighted by atomic mass is 35.5. The lowest BCUT2D eigenvalue weighted by Gasteiger charge is -2.08. The number of carboxylic acids is 2. The summed E-state index contributed by atoms with van der Waals surface area (Å²) in [6, 6.07) is 3.39. The van der Waals surface area contributed by atoms with E-state index in [1.807, 2.05) is 0 Å². The lowest BCUT2D eigenvalue weighted by Crippen LogP contribution is -2.25. The first-order chi connectivity index (χ1) is 7.41. The van der Waals surface area contributed by atoms with Crippen LogP contribution in [-0.4, -0.2) is 22.2 Å². The number of rotatable bonds is 4. The summed E-state index contributed by atoms with van der Waals surface area (Å²) in [6.45, 7) is 0. The van der Waals surface area contributed by atoms with Crippen molar-refractivity contribution in [2.24, 2.45) is 5.92 Å². The van der Waals surface area contributed by atoms with Crippen LogP contribution in [0.3, 0.4) is 0 Å². The van der Waals surface area contributed by atoms with Crippen molar-refractivity contribution in [3.05, 3.63) is 34.6 Å². The van der Waals surface area contributed by atoms with Crippen LogP contribution in [0.4, 0.5) is 4.39 Å². The largest absolute Gasteiger partial charge is 0.481 e. The van der Waals surface area contributed by atoms with Crippen LogP contribution in [0.5, 0.6) is 0 Å². The first-order valence-electron chi connectivity index (χ1n) is 4.31. The molecule has 0 aliphatic rings. The summed E-state index contributed by atoms with van der Waals surface area (Å²) in [5.74, 6) is -5.04. The van der Waals surface area contributed by atoms with Gasteiger partial charge in [-0.15, -0.1) is 0 Å². The second-order valence-corrected chi connectivity index (χ2v) is 3.58. The molecule has 6 heteroatoms. The van der Waals surface area contributed by atoms with Gasteiger partial charge in [0.25, 0.3) is 0 Å². The lowest BCUT2D eigenvalue weighted by atomic mass is 9.99. The second-order valence-electron chi connectivity index (χ2n) is 3.17. The van der Waals surface area contributed by atoms with Crippen molar-refractivity contribution < 1.29 is 24.2 Å². The van der Waals surface area contributed by atoms with E-state index in [1.54, 1.807) is 0 Å². The Bertz CT molecular complexity index is 419. The summed E-state index contributed by atoms with van der Waals surface area (Å²) in [4.78, 5) is 21.3. The quantitative estimate of drug-likeness (QED) is 0.795. The van der Waals surface area contributed by atoms with E-state index in [9.17, 15) is 14.0 Å². The fourth-order valence-electron chi connectivity index (χ4n) is 1.19. The molecule has 0 atom stereocenters. The van der Waals surface area contributed by atoms with Gasteiger partial charge in [-0.25, -0.2) is 4.39 Å². The highest BCUT2D eigenvalue weighted by Gasteiger charge is 2.26. The SMILES string of the molecule is O=C(O)C(Cc1ccc(F)cc1Cl)C(=O)O. The van der Waals surface area contributed by atoms with Gasteiger partial charge in [-0.1, -0.05) is 17.7 Å². The minimum Gasteiger partial charge on any atom is -0.481 e. The van der Waals surface area contributed by atoms with Crippen molar-refractivity contribution in [3.8, 4) is 0 Å². The van der Waals surface area contributed by atoms with Crippen LogP contribution in [0.15, 0.2) is 18.2 Å². The topological polar surface area (TPSA) is 74.6 Å². The van der Waals surface area contributed by atoms with Crippen molar-refractivity contribution in [1.82, 2.24) is 0 Å². The van der Waals surface area contributed by atoms with Crippen LogP contribution in [0.25, 0.3) is 0 Å². The summed E-state index contributed by atoms with van der Waals surface area (Å²) in [6.07, 6.45) is -0.274. The first-order valence-corrected chi connectivity index (χ1v) is 4.69. The van der Waals surface area contributed by atoms with E-state index in [4.69, 9.17) is 21.8 Å². The molecule has 0 aliphatic carbocycles. The molecule has 16 heavy (non-hydrogen) atoms. The second kappa shape index (κ2) is 4.94. The molecule has 2 N–H and O–H groups in total. The highest BCUT2D eigenvalue weighted by Crippen LogP contribution is 2.20. The zero-order chi connectivity index (χ0) is 12.3. The van der Waals surface area contributed by atoms with E-state index in [2.05, 4.69) is 0 Å². The number of hydrogen-bond acceptors (Lipinski definition) is 2. The Morgan fingerprint density at radius 3 is 2.31 bits per heavy atom. The van der Waals surface area contributed by atoms with Gasteiger partial charge in [0.1, 0.15) is 5.82 Å². The van der Waals surface area contributed by atoms with Crippen LogP contribution < -0.4 is 0 Å². The Kier molecular flexibility index (Phi) is 3.84. The molecule has 0 bridgehead atoms. The molecule has 1 aromatic rings. The fourth-order valence-corrected chi connectivity index (χ4v) is 1.43. The van der Waals surface area contributed by atoms with E-state index in [0.29, 0.717) is 0 Å². The normalized spacial score (nSPS) is 10.4. The van der Waals surface area contributed by atoms with E-state index >= 15 is 0 Å². The molecule has 4 nitrogen and oxygen atoms in total. The van der Waals surface area contributed by atoms with Crippen molar-refractivity contribution in [2.45, 2.75) is 6.42 Å². The number of aliphatic carboxylic acids is 2. The maximum atomic E-state index is 12.7. The minimum atomic E-state index is -1.58. The van der Waals surface area contributed by atoms with Gasteiger partial charge in [0, 0.05) is 5.02 Å². The molecule has 0 aromatic heterocycles. The molecule has 1 aromatic carbocycles. The number of halogens is 2. The molecule has 0 amide bonds. The third-order valence-corrected chi connectivity index (χ3v) is 2.39. The predicted octanol–water partition coefficient (Wildman–Crippen LogP) is 1.81. The van der Waals surface area contributed by atoms with Gasteiger partial charge in [0.15, 0.2) is 5.92 Å². The molecular formula is C10H8ClFO4. The minimum absolute atomic E-state index is 0.0208. The van der Waals surface area contributed by atoms with Gasteiger partial charge in [-0.05, 0) is 24.1 Å². The molecule has 0 unspecified atom stereocenters. The van der Waals surface area contributed by atoms with Crippen LogP contribution in [0.1, 0.15) is 5.56 Å². The summed E-state index contributed by atoms with van der Waals surface area (Å²) >= 11 is 5.66. The summed E-state index contributed by atoms with van der Waals surface area (Å²) in [5, 5.41) is 17.3. The smallest absolute Gasteiger partial charge is 0.318 e. The predicted molar refractivity (Wildman–Crippen MR) is 53.9 cm³/mol. The number of carbonyl (C=O) groups is 2. The zero-order valence-electron chi connectivity index (χ0n) is 7.98. The van der Waals surface area contributed by atoms with Gasteiger partial charge in [0.05, 0.1) is 0 Å². The van der Waals surface area contributed by atoms with E-state index in [-0.39, 0.29) is 17.0 Å². The summed E-state index contributed by atoms with van der Waals surface area (Å²) in [7, 11) is 0. The third-order valence-electron chi connectivity index (χ3n) is 2.04. The molecule has 0 saturated heterocycles. The van der Waals surface area contributed by atoms with Gasteiger partial charge in [0.2, 0.25) is 0 Å². The summed E-state index contributed by atoms with van der Waals surface area (Å²) in [5.41, 5.74) is 0.290. The average Bonchev–Trinajstić information content (AvgIpc) is 2.15. The molecular weight excluding hydrogens is 239 g/mol. The van der Waals surface area contributed by atoms with Crippen LogP contribution in [0.2, 0.25) is 5.02 Å². The lowest BCUT2D eigenvalue weighted by molar-refractivity contribution is -0.154. The third kappa shape index (κ3) is 2.93. The molecule has 0 fully saturated rings. The molecule has 0 radical (unpaired) electrons. The van der Waals surface area contributed by atoms with Crippen molar-refractivity contribution in [2.75, 3.05) is 0 Å². The Balaban J connectivity index is 2.94. The van der Waals surface area contributed by atoms with Crippen LogP contribution in [-0.2, 0) is 16.0 Å². The van der Waals surface area contributed by atoms with Gasteiger partial charge < -0.3 is 10.2 Å². The van der Waals surface area contributed by atoms with E-state index < -0.39 is 23.7 Å². The first kappa shape index (κ1) is 12.4. The Morgan fingerprint density at radius 1 is 1.31 bits per heavy atom. The summed E-state index contributed by atoms with van der Waals surface area (Å²) < 4.78 is 12.7. The number of carboxylic acid groups (broad SMARTS) is 2. The molecule has 0 aliphatic heterocycles. The highest BCUT2D eigenvalue weighted by molar-refractivity contribution is 6.31. The molecule has 1 rings (SSSR count). The van der Waals surface area contributed by atoms with E-state index in [1.165, 1.54) is 6.07 Å². The van der Waals surface area contributed by atoms with Crippen molar-refractivity contribution >= 4 is 23.5 Å². The molecule has 0 spiro atoms. The molecule has 0 heterocycles.